The van der Waals surface area contributed by atoms with E-state index in [9.17, 15) is 18.3 Å². The third kappa shape index (κ3) is 4.89. The van der Waals surface area contributed by atoms with Gasteiger partial charge >= 0.3 is 6.18 Å². The van der Waals surface area contributed by atoms with Crippen molar-refractivity contribution >= 4 is 5.69 Å². The highest BCUT2D eigenvalue weighted by Crippen LogP contribution is 2.26. The zero-order valence-electron chi connectivity index (χ0n) is 13.5. The normalized spacial score (nSPS) is 12.8. The second-order valence-corrected chi connectivity index (χ2v) is 5.62. The second-order valence-electron chi connectivity index (χ2n) is 5.62. The van der Waals surface area contributed by atoms with Gasteiger partial charge in [-0.05, 0) is 36.8 Å². The largest absolute Gasteiger partial charge is 0.497 e. The van der Waals surface area contributed by atoms with Gasteiger partial charge in [0.25, 0.3) is 0 Å². The summed E-state index contributed by atoms with van der Waals surface area (Å²) in [6.07, 6.45) is -7.07. The van der Waals surface area contributed by atoms with Crippen LogP contribution in [0.5, 0.6) is 5.75 Å². The number of halogens is 3. The minimum absolute atomic E-state index is 0.264. The van der Waals surface area contributed by atoms with Crippen molar-refractivity contribution in [1.29, 1.82) is 0 Å². The van der Waals surface area contributed by atoms with Gasteiger partial charge in [-0.15, -0.1) is 0 Å². The standard InChI is InChI=1S/C18H20F3NO2/c1-13-3-5-14(6-4-13)11-22(12-17(23)18(19,20)21)15-7-9-16(24-2)10-8-15/h3-10,17,23H,11-12H2,1-2H3. The van der Waals surface area contributed by atoms with E-state index < -0.39 is 18.8 Å². The zero-order valence-corrected chi connectivity index (χ0v) is 13.5. The molecule has 2 rings (SSSR count). The highest BCUT2D eigenvalue weighted by molar-refractivity contribution is 5.50. The number of alkyl halides is 3. The number of benzene rings is 2. The first-order valence-electron chi connectivity index (χ1n) is 7.49. The van der Waals surface area contributed by atoms with Gasteiger partial charge in [0.05, 0.1) is 13.7 Å². The smallest absolute Gasteiger partial charge is 0.416 e. The van der Waals surface area contributed by atoms with E-state index in [0.717, 1.165) is 11.1 Å². The summed E-state index contributed by atoms with van der Waals surface area (Å²) < 4.78 is 43.3. The Balaban J connectivity index is 2.24. The van der Waals surface area contributed by atoms with Crippen LogP contribution in [0, 0.1) is 6.92 Å². The van der Waals surface area contributed by atoms with Gasteiger partial charge in [0.2, 0.25) is 0 Å². The van der Waals surface area contributed by atoms with E-state index in [4.69, 9.17) is 4.74 Å². The van der Waals surface area contributed by atoms with E-state index in [0.29, 0.717) is 11.4 Å². The van der Waals surface area contributed by atoms with E-state index in [-0.39, 0.29) is 6.54 Å². The molecular weight excluding hydrogens is 319 g/mol. The van der Waals surface area contributed by atoms with Crippen LogP contribution in [-0.2, 0) is 6.54 Å². The first-order valence-corrected chi connectivity index (χ1v) is 7.49. The number of aliphatic hydroxyl groups is 1. The summed E-state index contributed by atoms with van der Waals surface area (Å²) >= 11 is 0. The molecule has 0 spiro atoms. The predicted molar refractivity (Wildman–Crippen MR) is 87.3 cm³/mol. The predicted octanol–water partition coefficient (Wildman–Crippen LogP) is 3.93. The van der Waals surface area contributed by atoms with E-state index in [1.165, 1.54) is 12.0 Å². The number of aryl methyl sites for hydroxylation is 1. The van der Waals surface area contributed by atoms with Gasteiger partial charge in [0.15, 0.2) is 6.10 Å². The summed E-state index contributed by atoms with van der Waals surface area (Å²) in [6, 6.07) is 14.3. The van der Waals surface area contributed by atoms with Crippen LogP contribution in [0.2, 0.25) is 0 Å². The third-order valence-electron chi connectivity index (χ3n) is 3.70. The minimum atomic E-state index is -4.65. The maximum absolute atomic E-state index is 12.7. The summed E-state index contributed by atoms with van der Waals surface area (Å²) in [6.45, 7) is 1.67. The van der Waals surface area contributed by atoms with Crippen molar-refractivity contribution in [2.45, 2.75) is 25.7 Å². The summed E-state index contributed by atoms with van der Waals surface area (Å²) in [4.78, 5) is 1.50. The molecule has 2 aromatic carbocycles. The Morgan fingerprint density at radius 3 is 2.12 bits per heavy atom. The lowest BCUT2D eigenvalue weighted by Crippen LogP contribution is -2.40. The molecule has 0 saturated carbocycles. The van der Waals surface area contributed by atoms with Crippen molar-refractivity contribution < 1.29 is 23.0 Å². The summed E-state index contributed by atoms with van der Waals surface area (Å²) in [7, 11) is 1.52. The number of hydrogen-bond donors (Lipinski definition) is 1. The highest BCUT2D eigenvalue weighted by atomic mass is 19.4. The SMILES string of the molecule is COc1ccc(N(Cc2ccc(C)cc2)CC(O)C(F)(F)F)cc1. The molecule has 0 aromatic heterocycles. The van der Waals surface area contributed by atoms with Crippen molar-refractivity contribution in [2.24, 2.45) is 0 Å². The van der Waals surface area contributed by atoms with Gasteiger partial charge in [-0.1, -0.05) is 29.8 Å². The molecule has 0 amide bonds. The average Bonchev–Trinajstić information content (AvgIpc) is 2.55. The molecule has 0 bridgehead atoms. The molecule has 0 fully saturated rings. The summed E-state index contributed by atoms with van der Waals surface area (Å²) in [5, 5.41) is 9.45. The molecule has 1 unspecified atom stereocenters. The van der Waals surface area contributed by atoms with E-state index in [1.54, 1.807) is 24.3 Å². The Labute approximate surface area is 139 Å². The van der Waals surface area contributed by atoms with Crippen molar-refractivity contribution in [3.05, 3.63) is 59.7 Å². The van der Waals surface area contributed by atoms with Crippen molar-refractivity contribution in [3.63, 3.8) is 0 Å². The van der Waals surface area contributed by atoms with Crippen LogP contribution >= 0.6 is 0 Å². The first-order chi connectivity index (χ1) is 11.3. The maximum Gasteiger partial charge on any atom is 0.416 e. The van der Waals surface area contributed by atoms with E-state index >= 15 is 0 Å². The minimum Gasteiger partial charge on any atom is -0.497 e. The van der Waals surface area contributed by atoms with E-state index in [2.05, 4.69) is 0 Å². The molecule has 0 aliphatic rings. The van der Waals surface area contributed by atoms with Gasteiger partial charge in [-0.2, -0.15) is 13.2 Å². The van der Waals surface area contributed by atoms with Gasteiger partial charge < -0.3 is 14.7 Å². The summed E-state index contributed by atoms with van der Waals surface area (Å²) in [5.41, 5.74) is 2.52. The molecule has 6 heteroatoms. The Hall–Kier alpha value is -2.21. The van der Waals surface area contributed by atoms with E-state index in [1.807, 2.05) is 31.2 Å². The number of anilines is 1. The topological polar surface area (TPSA) is 32.7 Å². The molecule has 0 saturated heterocycles. The molecule has 24 heavy (non-hydrogen) atoms. The Morgan fingerprint density at radius 2 is 1.62 bits per heavy atom. The number of hydrogen-bond acceptors (Lipinski definition) is 3. The second kappa shape index (κ2) is 7.57. The van der Waals surface area contributed by atoms with Gasteiger partial charge in [0, 0.05) is 12.2 Å². The maximum atomic E-state index is 12.7. The number of rotatable bonds is 6. The number of aliphatic hydroxyl groups excluding tert-OH is 1. The fourth-order valence-corrected chi connectivity index (χ4v) is 2.28. The Kier molecular flexibility index (Phi) is 5.72. The monoisotopic (exact) mass is 339 g/mol. The van der Waals surface area contributed by atoms with Gasteiger partial charge in [0.1, 0.15) is 5.75 Å². The van der Waals surface area contributed by atoms with Crippen LogP contribution in [0.1, 0.15) is 11.1 Å². The average molecular weight is 339 g/mol. The molecular formula is C18H20F3NO2. The number of ether oxygens (including phenoxy) is 1. The fourth-order valence-electron chi connectivity index (χ4n) is 2.28. The fraction of sp³-hybridized carbons (Fsp3) is 0.333. The molecule has 1 N–H and O–H groups in total. The van der Waals surface area contributed by atoms with Crippen LogP contribution in [-0.4, -0.2) is 31.0 Å². The van der Waals surface area contributed by atoms with Crippen molar-refractivity contribution in [3.8, 4) is 5.75 Å². The quantitative estimate of drug-likeness (QED) is 0.865. The van der Waals surface area contributed by atoms with Crippen LogP contribution in [0.4, 0.5) is 18.9 Å². The molecule has 0 heterocycles. The van der Waals surface area contributed by atoms with Crippen LogP contribution in [0.3, 0.4) is 0 Å². The third-order valence-corrected chi connectivity index (χ3v) is 3.70. The van der Waals surface area contributed by atoms with Crippen molar-refractivity contribution in [1.82, 2.24) is 0 Å². The van der Waals surface area contributed by atoms with Gasteiger partial charge in [-0.3, -0.25) is 0 Å². The summed E-state index contributed by atoms with van der Waals surface area (Å²) in [5.74, 6) is 0.616. The first kappa shape index (κ1) is 18.1. The lowest BCUT2D eigenvalue weighted by Gasteiger charge is -2.28. The zero-order chi connectivity index (χ0) is 17.7. The lowest BCUT2D eigenvalue weighted by molar-refractivity contribution is -0.200. The number of nitrogens with zero attached hydrogens (tertiary/aromatic N) is 1. The van der Waals surface area contributed by atoms with Crippen LogP contribution < -0.4 is 9.64 Å². The molecule has 0 radical (unpaired) electrons. The van der Waals surface area contributed by atoms with Crippen LogP contribution in [0.25, 0.3) is 0 Å². The molecule has 130 valence electrons. The highest BCUT2D eigenvalue weighted by Gasteiger charge is 2.39. The molecule has 3 nitrogen and oxygen atoms in total. The lowest BCUT2D eigenvalue weighted by atomic mass is 10.1. The molecule has 1 atom stereocenters. The molecule has 2 aromatic rings. The Morgan fingerprint density at radius 1 is 1.04 bits per heavy atom. The number of methoxy groups -OCH3 is 1. The molecule has 0 aliphatic carbocycles. The molecule has 0 aliphatic heterocycles. The Bertz CT molecular complexity index is 639. The van der Waals surface area contributed by atoms with Crippen molar-refractivity contribution in [2.75, 3.05) is 18.6 Å². The van der Waals surface area contributed by atoms with Gasteiger partial charge in [-0.25, -0.2) is 0 Å². The van der Waals surface area contributed by atoms with Crippen LogP contribution in [0.15, 0.2) is 48.5 Å².